The molecular formula is C29H38N6O2. The fourth-order valence-electron chi connectivity index (χ4n) is 5.96. The standard InChI is InChI=1S/C29H38N6O2/c1-3-25(36)17-22-5-4-14-35(19(22)2)26-18-31-27(28(30)37)29(33-26)32-23-8-6-20(7-9-23)21-12-15-34(16-13-21)24-10-11-24/h3,6-9,18-19,21-22,24H,1,4-5,10-17H2,2H3,(H2,30,37)(H,32,33)/t19-,22+/m1/s1. The van der Waals surface area contributed by atoms with E-state index < -0.39 is 5.91 Å². The minimum absolute atomic E-state index is 0.0631. The van der Waals surface area contributed by atoms with Crippen molar-refractivity contribution in [2.45, 2.75) is 69.9 Å². The summed E-state index contributed by atoms with van der Waals surface area (Å²) in [6, 6.07) is 9.40. The third kappa shape index (κ3) is 5.85. The number of aromatic nitrogens is 2. The summed E-state index contributed by atoms with van der Waals surface area (Å²) < 4.78 is 0. The monoisotopic (exact) mass is 502 g/mol. The Morgan fingerprint density at radius 2 is 1.84 bits per heavy atom. The Hall–Kier alpha value is -3.26. The maximum absolute atomic E-state index is 12.1. The molecule has 0 spiro atoms. The number of likely N-dealkylation sites (tertiary alicyclic amines) is 1. The lowest BCUT2D eigenvalue weighted by molar-refractivity contribution is -0.115. The number of carbonyl (C=O) groups is 2. The number of hydrogen-bond acceptors (Lipinski definition) is 7. The van der Waals surface area contributed by atoms with E-state index in [1.165, 1.54) is 50.4 Å². The van der Waals surface area contributed by atoms with Crippen LogP contribution in [0.25, 0.3) is 0 Å². The zero-order valence-electron chi connectivity index (χ0n) is 21.7. The number of allylic oxidation sites excluding steroid dienone is 1. The van der Waals surface area contributed by atoms with Crippen LogP contribution >= 0.6 is 0 Å². The highest BCUT2D eigenvalue weighted by Gasteiger charge is 2.32. The average molecular weight is 503 g/mol. The molecule has 37 heavy (non-hydrogen) atoms. The highest BCUT2D eigenvalue weighted by Crippen LogP contribution is 2.35. The van der Waals surface area contributed by atoms with Gasteiger partial charge in [0.2, 0.25) is 0 Å². The van der Waals surface area contributed by atoms with Gasteiger partial charge in [0.05, 0.1) is 6.20 Å². The van der Waals surface area contributed by atoms with Crippen LogP contribution in [0.3, 0.4) is 0 Å². The second-order valence-corrected chi connectivity index (χ2v) is 10.8. The van der Waals surface area contributed by atoms with Crippen LogP contribution in [0.1, 0.15) is 73.8 Å². The van der Waals surface area contributed by atoms with Crippen LogP contribution < -0.4 is 16.0 Å². The molecule has 5 rings (SSSR count). The lowest BCUT2D eigenvalue weighted by atomic mass is 9.86. The number of rotatable bonds is 9. The fraction of sp³-hybridized carbons (Fsp3) is 0.517. The number of piperidine rings is 2. The summed E-state index contributed by atoms with van der Waals surface area (Å²) in [7, 11) is 0. The number of ketones is 1. The molecule has 1 aliphatic carbocycles. The van der Waals surface area contributed by atoms with Crippen molar-refractivity contribution in [3.8, 4) is 0 Å². The molecule has 3 fully saturated rings. The number of nitrogens with one attached hydrogen (secondary N) is 1. The molecule has 3 aliphatic rings. The van der Waals surface area contributed by atoms with E-state index in [2.05, 4.69) is 45.7 Å². The Bertz CT molecular complexity index is 1140. The molecule has 196 valence electrons. The van der Waals surface area contributed by atoms with Gasteiger partial charge in [0.15, 0.2) is 17.3 Å². The molecule has 3 N–H and O–H groups in total. The minimum atomic E-state index is -0.623. The van der Waals surface area contributed by atoms with Crippen molar-refractivity contribution < 1.29 is 9.59 Å². The fourth-order valence-corrected chi connectivity index (χ4v) is 5.96. The van der Waals surface area contributed by atoms with Crippen LogP contribution in [0.4, 0.5) is 17.3 Å². The summed E-state index contributed by atoms with van der Waals surface area (Å²) in [5, 5.41) is 3.28. The van der Waals surface area contributed by atoms with Crippen LogP contribution in [0.15, 0.2) is 43.1 Å². The van der Waals surface area contributed by atoms with E-state index in [-0.39, 0.29) is 23.4 Å². The van der Waals surface area contributed by atoms with Crippen molar-refractivity contribution in [3.05, 3.63) is 54.4 Å². The van der Waals surface area contributed by atoms with Gasteiger partial charge in [-0.2, -0.15) is 0 Å². The molecule has 8 nitrogen and oxygen atoms in total. The Balaban J connectivity index is 1.30. The SMILES string of the molecule is C=CC(=O)C[C@@H]1CCCN(c2cnc(C(N)=O)c(Nc3ccc(C4CCN(C5CC5)CC4)cc3)n2)[C@@H]1C. The summed E-state index contributed by atoms with van der Waals surface area (Å²) in [6.07, 6.45) is 10.6. The lowest BCUT2D eigenvalue weighted by Crippen LogP contribution is -2.44. The summed E-state index contributed by atoms with van der Waals surface area (Å²) in [6.45, 7) is 8.93. The van der Waals surface area contributed by atoms with E-state index >= 15 is 0 Å². The molecule has 1 saturated carbocycles. The van der Waals surface area contributed by atoms with E-state index in [0.29, 0.717) is 24.0 Å². The van der Waals surface area contributed by atoms with Gasteiger partial charge in [-0.15, -0.1) is 0 Å². The van der Waals surface area contributed by atoms with Crippen LogP contribution in [0, 0.1) is 5.92 Å². The lowest BCUT2D eigenvalue weighted by Gasteiger charge is -2.40. The molecule has 2 aromatic rings. The number of amides is 1. The van der Waals surface area contributed by atoms with Gasteiger partial charge in [0.25, 0.3) is 5.91 Å². The van der Waals surface area contributed by atoms with Crippen LogP contribution in [-0.2, 0) is 4.79 Å². The summed E-state index contributed by atoms with van der Waals surface area (Å²) in [5.74, 6) is 1.28. The van der Waals surface area contributed by atoms with Crippen molar-refractivity contribution in [1.82, 2.24) is 14.9 Å². The first-order chi connectivity index (χ1) is 17.9. The van der Waals surface area contributed by atoms with Gasteiger partial charge in [-0.05, 0) is 94.1 Å². The first kappa shape index (κ1) is 25.4. The van der Waals surface area contributed by atoms with Gasteiger partial charge in [0.1, 0.15) is 5.82 Å². The first-order valence-electron chi connectivity index (χ1n) is 13.6. The molecule has 2 saturated heterocycles. The third-order valence-electron chi connectivity index (χ3n) is 8.36. The molecule has 0 unspecified atom stereocenters. The maximum atomic E-state index is 12.1. The Morgan fingerprint density at radius 1 is 1.11 bits per heavy atom. The third-order valence-corrected chi connectivity index (χ3v) is 8.36. The predicted octanol–water partition coefficient (Wildman–Crippen LogP) is 4.41. The van der Waals surface area contributed by atoms with Gasteiger partial charge in [-0.3, -0.25) is 9.59 Å². The summed E-state index contributed by atoms with van der Waals surface area (Å²) in [5.41, 5.74) is 7.94. The zero-order chi connectivity index (χ0) is 25.9. The normalized spacial score (nSPS) is 23.0. The van der Waals surface area contributed by atoms with Crippen molar-refractivity contribution in [3.63, 3.8) is 0 Å². The summed E-state index contributed by atoms with van der Waals surface area (Å²) in [4.78, 5) is 38.1. The van der Waals surface area contributed by atoms with Crippen molar-refractivity contribution in [2.24, 2.45) is 11.7 Å². The minimum Gasteiger partial charge on any atom is -0.364 e. The Morgan fingerprint density at radius 3 is 2.49 bits per heavy atom. The highest BCUT2D eigenvalue weighted by atomic mass is 16.1. The van der Waals surface area contributed by atoms with Crippen LogP contribution in [0.2, 0.25) is 0 Å². The highest BCUT2D eigenvalue weighted by molar-refractivity contribution is 5.96. The Kier molecular flexibility index (Phi) is 7.55. The van der Waals surface area contributed by atoms with Gasteiger partial charge in [-0.25, -0.2) is 9.97 Å². The molecule has 1 aromatic carbocycles. The number of hydrogen-bond donors (Lipinski definition) is 2. The Labute approximate surface area is 219 Å². The number of nitrogens with two attached hydrogens (primary N) is 1. The molecule has 1 aromatic heterocycles. The molecular weight excluding hydrogens is 464 g/mol. The van der Waals surface area contributed by atoms with Crippen molar-refractivity contribution >= 4 is 29.0 Å². The van der Waals surface area contributed by atoms with Crippen LogP contribution in [-0.4, -0.2) is 58.3 Å². The number of carbonyl (C=O) groups excluding carboxylic acids is 2. The topological polar surface area (TPSA) is 104 Å². The molecule has 2 atom stereocenters. The zero-order valence-corrected chi connectivity index (χ0v) is 21.7. The number of anilines is 3. The van der Waals surface area contributed by atoms with E-state index in [9.17, 15) is 9.59 Å². The molecule has 2 aliphatic heterocycles. The molecule has 1 amide bonds. The molecule has 0 radical (unpaired) electrons. The molecule has 8 heteroatoms. The number of nitrogens with zero attached hydrogens (tertiary/aromatic N) is 4. The molecule has 0 bridgehead atoms. The van der Waals surface area contributed by atoms with Gasteiger partial charge in [-0.1, -0.05) is 18.7 Å². The molecule has 3 heterocycles. The van der Waals surface area contributed by atoms with Gasteiger partial charge < -0.3 is 20.9 Å². The summed E-state index contributed by atoms with van der Waals surface area (Å²) >= 11 is 0. The van der Waals surface area contributed by atoms with E-state index in [1.807, 2.05) is 12.1 Å². The van der Waals surface area contributed by atoms with E-state index in [0.717, 1.165) is 31.1 Å². The van der Waals surface area contributed by atoms with Gasteiger partial charge >= 0.3 is 0 Å². The number of benzene rings is 1. The maximum Gasteiger partial charge on any atom is 0.271 e. The van der Waals surface area contributed by atoms with Crippen LogP contribution in [0.5, 0.6) is 0 Å². The number of primary amides is 1. The second kappa shape index (κ2) is 11.0. The van der Waals surface area contributed by atoms with Crippen molar-refractivity contribution in [2.75, 3.05) is 29.9 Å². The predicted molar refractivity (Wildman–Crippen MR) is 146 cm³/mol. The van der Waals surface area contributed by atoms with E-state index in [4.69, 9.17) is 10.7 Å². The van der Waals surface area contributed by atoms with Gasteiger partial charge in [0, 0.05) is 30.7 Å². The van der Waals surface area contributed by atoms with E-state index in [1.54, 1.807) is 6.20 Å². The van der Waals surface area contributed by atoms with Crippen molar-refractivity contribution in [1.29, 1.82) is 0 Å². The average Bonchev–Trinajstić information content (AvgIpc) is 3.76. The smallest absolute Gasteiger partial charge is 0.271 e. The second-order valence-electron chi connectivity index (χ2n) is 10.8. The largest absolute Gasteiger partial charge is 0.364 e. The quantitative estimate of drug-likeness (QED) is 0.490. The first-order valence-corrected chi connectivity index (χ1v) is 13.6.